The molecular weight excluding hydrogens is 386 g/mol. The normalized spacial score (nSPS) is 13.9. The van der Waals surface area contributed by atoms with Gasteiger partial charge >= 0.3 is 0 Å². The summed E-state index contributed by atoms with van der Waals surface area (Å²) >= 11 is 0. The molecule has 8 heteroatoms. The molecule has 2 aromatic rings. The van der Waals surface area contributed by atoms with Crippen molar-refractivity contribution in [1.29, 1.82) is 0 Å². The van der Waals surface area contributed by atoms with E-state index in [-0.39, 0.29) is 6.04 Å². The van der Waals surface area contributed by atoms with E-state index in [0.717, 1.165) is 6.42 Å². The second-order valence-electron chi connectivity index (χ2n) is 6.34. The van der Waals surface area contributed by atoms with Gasteiger partial charge in [0.05, 0.1) is 45.5 Å². The van der Waals surface area contributed by atoms with Gasteiger partial charge in [-0.2, -0.15) is 5.10 Å². The summed E-state index contributed by atoms with van der Waals surface area (Å²) in [6.45, 7) is 2.36. The van der Waals surface area contributed by atoms with Crippen LogP contribution in [0.5, 0.6) is 23.1 Å². The molecule has 0 spiro atoms. The molecule has 0 fully saturated rings. The summed E-state index contributed by atoms with van der Waals surface area (Å²) in [5.41, 5.74) is 0.303. The van der Waals surface area contributed by atoms with E-state index in [4.69, 9.17) is 18.9 Å². The summed E-state index contributed by atoms with van der Waals surface area (Å²) in [5.74, 6) is 1.23. The molecule has 0 radical (unpaired) electrons. The number of allylic oxidation sites excluding steroid dienone is 4. The van der Waals surface area contributed by atoms with Gasteiger partial charge in [0.25, 0.3) is 5.91 Å². The van der Waals surface area contributed by atoms with Gasteiger partial charge < -0.3 is 18.9 Å². The molecule has 0 atom stereocenters. The number of aromatic nitrogens is 2. The maximum atomic E-state index is 12.8. The first-order valence-corrected chi connectivity index (χ1v) is 9.55. The highest BCUT2D eigenvalue weighted by atomic mass is 16.5. The second-order valence-corrected chi connectivity index (χ2v) is 6.34. The van der Waals surface area contributed by atoms with Gasteiger partial charge in [0, 0.05) is 11.6 Å². The SMILES string of the molecule is CCOc1cc(=NC(=O)c2cc(OC)c(OC)c(OC)c2)cnn1C1C=CCC=C1. The van der Waals surface area contributed by atoms with Crippen LogP contribution in [0.3, 0.4) is 0 Å². The summed E-state index contributed by atoms with van der Waals surface area (Å²) in [6, 6.07) is 4.78. The maximum Gasteiger partial charge on any atom is 0.277 e. The summed E-state index contributed by atoms with van der Waals surface area (Å²) < 4.78 is 23.4. The average molecular weight is 411 g/mol. The van der Waals surface area contributed by atoms with E-state index in [9.17, 15) is 4.79 Å². The van der Waals surface area contributed by atoms with Crippen LogP contribution in [0, 0.1) is 0 Å². The lowest BCUT2D eigenvalue weighted by Gasteiger charge is -2.18. The topological polar surface area (TPSA) is 84.2 Å². The fraction of sp³-hybridized carbons (Fsp3) is 0.318. The Morgan fingerprint density at radius 3 is 2.33 bits per heavy atom. The van der Waals surface area contributed by atoms with Gasteiger partial charge in [0.1, 0.15) is 0 Å². The molecule has 1 amide bonds. The van der Waals surface area contributed by atoms with Gasteiger partial charge in [0.15, 0.2) is 11.5 Å². The van der Waals surface area contributed by atoms with E-state index in [0.29, 0.717) is 40.7 Å². The molecule has 0 N–H and O–H groups in total. The van der Waals surface area contributed by atoms with E-state index in [1.165, 1.54) is 27.5 Å². The number of amides is 1. The lowest BCUT2D eigenvalue weighted by molar-refractivity contribution is 0.0997. The molecule has 158 valence electrons. The Bertz CT molecular complexity index is 1000. The van der Waals surface area contributed by atoms with Crippen LogP contribution < -0.4 is 24.3 Å². The highest BCUT2D eigenvalue weighted by Crippen LogP contribution is 2.38. The van der Waals surface area contributed by atoms with E-state index in [1.54, 1.807) is 22.9 Å². The van der Waals surface area contributed by atoms with Crippen LogP contribution in [0.15, 0.2) is 53.7 Å². The summed E-state index contributed by atoms with van der Waals surface area (Å²) in [5, 5.41) is 4.82. The van der Waals surface area contributed by atoms with Crippen molar-refractivity contribution in [3.8, 4) is 23.1 Å². The van der Waals surface area contributed by atoms with Crippen molar-refractivity contribution >= 4 is 5.91 Å². The third kappa shape index (κ3) is 4.53. The van der Waals surface area contributed by atoms with Gasteiger partial charge in [-0.25, -0.2) is 9.67 Å². The quantitative estimate of drug-likeness (QED) is 0.651. The Morgan fingerprint density at radius 1 is 1.10 bits per heavy atom. The van der Waals surface area contributed by atoms with Crippen molar-refractivity contribution < 1.29 is 23.7 Å². The molecule has 30 heavy (non-hydrogen) atoms. The molecule has 0 saturated heterocycles. The molecule has 1 aromatic heterocycles. The Kier molecular flexibility index (Phi) is 6.90. The van der Waals surface area contributed by atoms with Gasteiger partial charge in [0.2, 0.25) is 11.6 Å². The Morgan fingerprint density at radius 2 is 1.77 bits per heavy atom. The number of hydrogen-bond donors (Lipinski definition) is 0. The molecule has 0 aliphatic heterocycles. The second kappa shape index (κ2) is 9.78. The van der Waals surface area contributed by atoms with Gasteiger partial charge in [-0.05, 0) is 25.5 Å². The van der Waals surface area contributed by atoms with Crippen molar-refractivity contribution in [1.82, 2.24) is 9.78 Å². The van der Waals surface area contributed by atoms with Crippen molar-refractivity contribution in [2.45, 2.75) is 19.4 Å². The zero-order valence-corrected chi connectivity index (χ0v) is 17.5. The van der Waals surface area contributed by atoms with Crippen molar-refractivity contribution in [2.24, 2.45) is 4.99 Å². The third-order valence-electron chi connectivity index (χ3n) is 4.47. The first-order chi connectivity index (χ1) is 14.6. The zero-order chi connectivity index (χ0) is 21.5. The molecule has 0 unspecified atom stereocenters. The van der Waals surface area contributed by atoms with Crippen LogP contribution in [0.1, 0.15) is 29.7 Å². The molecule has 8 nitrogen and oxygen atoms in total. The van der Waals surface area contributed by atoms with Crippen LogP contribution >= 0.6 is 0 Å². The van der Waals surface area contributed by atoms with Gasteiger partial charge in [-0.1, -0.05) is 24.3 Å². The van der Waals surface area contributed by atoms with Crippen LogP contribution in [-0.2, 0) is 0 Å². The lowest BCUT2D eigenvalue weighted by atomic mass is 10.1. The molecule has 0 bridgehead atoms. The Balaban J connectivity index is 1.99. The van der Waals surface area contributed by atoms with Crippen molar-refractivity contribution in [3.05, 3.63) is 59.6 Å². The molecule has 0 saturated carbocycles. The number of rotatable bonds is 7. The van der Waals surface area contributed by atoms with Gasteiger partial charge in [-0.15, -0.1) is 0 Å². The number of methoxy groups -OCH3 is 3. The average Bonchev–Trinajstić information content (AvgIpc) is 2.79. The van der Waals surface area contributed by atoms with Gasteiger partial charge in [-0.3, -0.25) is 4.79 Å². The predicted molar refractivity (Wildman–Crippen MR) is 111 cm³/mol. The first-order valence-electron chi connectivity index (χ1n) is 9.55. The van der Waals surface area contributed by atoms with Crippen LogP contribution in [-0.4, -0.2) is 43.6 Å². The lowest BCUT2D eigenvalue weighted by Crippen LogP contribution is -2.19. The number of ether oxygens (including phenoxy) is 4. The van der Waals surface area contributed by atoms with Crippen molar-refractivity contribution in [2.75, 3.05) is 27.9 Å². The maximum absolute atomic E-state index is 12.8. The van der Waals surface area contributed by atoms with E-state index in [1.807, 2.05) is 19.1 Å². The predicted octanol–water partition coefficient (Wildman–Crippen LogP) is 3.11. The molecule has 1 aromatic carbocycles. The summed E-state index contributed by atoms with van der Waals surface area (Å²) in [7, 11) is 4.49. The fourth-order valence-corrected chi connectivity index (χ4v) is 3.08. The summed E-state index contributed by atoms with van der Waals surface area (Å²) in [4.78, 5) is 17.0. The van der Waals surface area contributed by atoms with E-state index >= 15 is 0 Å². The highest BCUT2D eigenvalue weighted by molar-refractivity contribution is 5.96. The minimum absolute atomic E-state index is 0.0415. The first kappa shape index (κ1) is 21.2. The Hall–Kier alpha value is -3.55. The Labute approximate surface area is 175 Å². The minimum Gasteiger partial charge on any atom is -0.493 e. The molecule has 1 aliphatic carbocycles. The van der Waals surface area contributed by atoms with Crippen LogP contribution in [0.2, 0.25) is 0 Å². The minimum atomic E-state index is -0.464. The molecule has 1 heterocycles. The molecule has 1 aliphatic rings. The largest absolute Gasteiger partial charge is 0.493 e. The third-order valence-corrected chi connectivity index (χ3v) is 4.47. The molecule has 3 rings (SSSR count). The fourth-order valence-electron chi connectivity index (χ4n) is 3.08. The zero-order valence-electron chi connectivity index (χ0n) is 17.5. The van der Waals surface area contributed by atoms with E-state index in [2.05, 4.69) is 22.2 Å². The number of carbonyl (C=O) groups is 1. The monoisotopic (exact) mass is 411 g/mol. The highest BCUT2D eigenvalue weighted by Gasteiger charge is 2.17. The number of nitrogens with zero attached hydrogens (tertiary/aromatic N) is 3. The number of carbonyl (C=O) groups excluding carboxylic acids is 1. The standard InChI is InChI=1S/C22H25N3O5/c1-5-30-20-13-16(14-23-25(20)17-9-7-6-8-10-17)24-22(26)15-11-18(27-2)21(29-4)19(12-15)28-3/h7-14,17H,5-6H2,1-4H3. The molecular formula is C22H25N3O5. The van der Waals surface area contributed by atoms with Crippen LogP contribution in [0.4, 0.5) is 0 Å². The summed E-state index contributed by atoms with van der Waals surface area (Å²) in [6.07, 6.45) is 10.7. The smallest absolute Gasteiger partial charge is 0.277 e. The number of hydrogen-bond acceptors (Lipinski definition) is 6. The van der Waals surface area contributed by atoms with Crippen molar-refractivity contribution in [3.63, 3.8) is 0 Å². The number of benzene rings is 1. The van der Waals surface area contributed by atoms with E-state index < -0.39 is 5.91 Å². The van der Waals surface area contributed by atoms with Crippen LogP contribution in [0.25, 0.3) is 0 Å².